The molecule has 162 valence electrons. The molecule has 2 aromatic carbocycles. The molecule has 0 radical (unpaired) electrons. The highest BCUT2D eigenvalue weighted by molar-refractivity contribution is 7.92. The Hall–Kier alpha value is -3.63. The molecule has 2 N–H and O–H groups in total. The van der Waals surface area contributed by atoms with Crippen LogP contribution in [0.1, 0.15) is 5.69 Å². The van der Waals surface area contributed by atoms with Crippen molar-refractivity contribution in [3.05, 3.63) is 89.9 Å². The van der Waals surface area contributed by atoms with Crippen LogP contribution in [0, 0.1) is 5.82 Å². The van der Waals surface area contributed by atoms with Gasteiger partial charge >= 0.3 is 0 Å². The van der Waals surface area contributed by atoms with Crippen molar-refractivity contribution in [1.82, 2.24) is 9.97 Å². The maximum Gasteiger partial charge on any atom is 0.261 e. The molecule has 2 aromatic heterocycles. The number of carbonyl (C=O) groups is 1. The lowest BCUT2D eigenvalue weighted by molar-refractivity contribution is -0.115. The maximum atomic E-state index is 13.1. The zero-order valence-electron chi connectivity index (χ0n) is 16.5. The summed E-state index contributed by atoms with van der Waals surface area (Å²) in [6, 6.07) is 14.6. The van der Waals surface area contributed by atoms with E-state index in [0.29, 0.717) is 11.4 Å². The molecular weight excluding hydrogens is 451 g/mol. The smallest absolute Gasteiger partial charge is 0.261 e. The third-order valence-corrected chi connectivity index (χ3v) is 6.69. The van der Waals surface area contributed by atoms with E-state index in [9.17, 15) is 17.6 Å². The number of carbonyl (C=O) groups excluding carboxylic acids is 1. The minimum atomic E-state index is -3.96. The van der Waals surface area contributed by atoms with Crippen LogP contribution in [-0.4, -0.2) is 24.3 Å². The number of pyridine rings is 1. The van der Waals surface area contributed by atoms with Crippen LogP contribution >= 0.6 is 11.3 Å². The van der Waals surface area contributed by atoms with Crippen LogP contribution in [0.2, 0.25) is 0 Å². The molecular formula is C22H17FN4O3S2. The lowest BCUT2D eigenvalue weighted by atomic mass is 10.2. The molecule has 0 fully saturated rings. The topological polar surface area (TPSA) is 101 Å². The largest absolute Gasteiger partial charge is 0.324 e. The van der Waals surface area contributed by atoms with Gasteiger partial charge in [-0.05, 0) is 48.5 Å². The van der Waals surface area contributed by atoms with Gasteiger partial charge in [-0.2, -0.15) is 0 Å². The highest BCUT2D eigenvalue weighted by atomic mass is 32.2. The van der Waals surface area contributed by atoms with E-state index in [1.165, 1.54) is 29.5 Å². The Morgan fingerprint density at radius 1 is 1.00 bits per heavy atom. The fourth-order valence-corrected chi connectivity index (χ4v) is 4.76. The standard InChI is InChI=1S/C22H17FN4O3S2/c23-16-7-9-18(10-8-16)32(29,30)27-20-6-2-1-5-19(20)26-21(28)12-17-14-31-22(25-17)15-4-3-11-24-13-15/h1-11,13-14,27H,12H2,(H,26,28). The van der Waals surface area contributed by atoms with Gasteiger partial charge in [0.25, 0.3) is 10.0 Å². The van der Waals surface area contributed by atoms with E-state index in [4.69, 9.17) is 0 Å². The number of sulfonamides is 1. The van der Waals surface area contributed by atoms with E-state index in [0.717, 1.165) is 22.7 Å². The van der Waals surface area contributed by atoms with Gasteiger partial charge in [-0.1, -0.05) is 12.1 Å². The number of nitrogens with one attached hydrogen (secondary N) is 2. The number of rotatable bonds is 7. The minimum Gasteiger partial charge on any atom is -0.324 e. The summed E-state index contributed by atoms with van der Waals surface area (Å²) in [5.41, 5.74) is 1.95. The molecule has 0 saturated carbocycles. The summed E-state index contributed by atoms with van der Waals surface area (Å²) in [5, 5.41) is 5.27. The number of thiazole rings is 1. The van der Waals surface area contributed by atoms with Crippen LogP contribution in [-0.2, 0) is 21.2 Å². The van der Waals surface area contributed by atoms with Gasteiger partial charge in [0.15, 0.2) is 0 Å². The highest BCUT2D eigenvalue weighted by Crippen LogP contribution is 2.26. The maximum absolute atomic E-state index is 13.1. The van der Waals surface area contributed by atoms with Gasteiger partial charge < -0.3 is 5.32 Å². The first kappa shape index (κ1) is 21.6. The fourth-order valence-electron chi connectivity index (χ4n) is 2.87. The van der Waals surface area contributed by atoms with E-state index >= 15 is 0 Å². The van der Waals surface area contributed by atoms with Crippen molar-refractivity contribution in [1.29, 1.82) is 0 Å². The predicted octanol–water partition coefficient (Wildman–Crippen LogP) is 4.33. The normalized spacial score (nSPS) is 11.2. The molecule has 10 heteroatoms. The molecule has 0 atom stereocenters. The van der Waals surface area contributed by atoms with Crippen molar-refractivity contribution in [3.63, 3.8) is 0 Å². The van der Waals surface area contributed by atoms with Crippen LogP contribution < -0.4 is 10.0 Å². The fraction of sp³-hybridized carbons (Fsp3) is 0.0455. The third-order valence-electron chi connectivity index (χ3n) is 4.37. The molecule has 0 aliphatic rings. The van der Waals surface area contributed by atoms with Crippen LogP contribution in [0.5, 0.6) is 0 Å². The second kappa shape index (κ2) is 9.25. The van der Waals surface area contributed by atoms with E-state index in [-0.39, 0.29) is 22.9 Å². The molecule has 4 rings (SSSR count). The summed E-state index contributed by atoms with van der Waals surface area (Å²) in [5.74, 6) is -0.883. The van der Waals surface area contributed by atoms with Gasteiger partial charge in [0, 0.05) is 23.3 Å². The molecule has 0 aliphatic carbocycles. The molecule has 4 aromatic rings. The molecule has 32 heavy (non-hydrogen) atoms. The van der Waals surface area contributed by atoms with Crippen molar-refractivity contribution in [2.24, 2.45) is 0 Å². The summed E-state index contributed by atoms with van der Waals surface area (Å²) >= 11 is 1.41. The number of aromatic nitrogens is 2. The van der Waals surface area contributed by atoms with E-state index in [2.05, 4.69) is 20.0 Å². The molecule has 0 spiro atoms. The van der Waals surface area contributed by atoms with Crippen molar-refractivity contribution >= 4 is 38.6 Å². The number of amides is 1. The van der Waals surface area contributed by atoms with Gasteiger partial charge in [-0.15, -0.1) is 11.3 Å². The summed E-state index contributed by atoms with van der Waals surface area (Å²) in [6.45, 7) is 0. The van der Waals surface area contributed by atoms with Crippen molar-refractivity contribution in [3.8, 4) is 10.6 Å². The minimum absolute atomic E-state index is 0.0236. The second-order valence-electron chi connectivity index (χ2n) is 6.72. The van der Waals surface area contributed by atoms with Crippen molar-refractivity contribution in [2.75, 3.05) is 10.0 Å². The number of hydrogen-bond donors (Lipinski definition) is 2. The van der Waals surface area contributed by atoms with Crippen LogP contribution in [0.15, 0.2) is 83.3 Å². The predicted molar refractivity (Wildman–Crippen MR) is 121 cm³/mol. The molecule has 1 amide bonds. The Bertz CT molecular complexity index is 1340. The van der Waals surface area contributed by atoms with Gasteiger partial charge in [-0.25, -0.2) is 17.8 Å². The summed E-state index contributed by atoms with van der Waals surface area (Å²) in [4.78, 5) is 21.0. The first-order chi connectivity index (χ1) is 15.4. The molecule has 7 nitrogen and oxygen atoms in total. The molecule has 0 aliphatic heterocycles. The zero-order chi connectivity index (χ0) is 22.6. The molecule has 2 heterocycles. The number of para-hydroxylation sites is 2. The number of nitrogens with zero attached hydrogens (tertiary/aromatic N) is 2. The molecule has 0 bridgehead atoms. The number of anilines is 2. The SMILES string of the molecule is O=C(Cc1csc(-c2cccnc2)n1)Nc1ccccc1NS(=O)(=O)c1ccc(F)cc1. The monoisotopic (exact) mass is 468 g/mol. The van der Waals surface area contributed by atoms with Gasteiger partial charge in [-0.3, -0.25) is 14.5 Å². The summed E-state index contributed by atoms with van der Waals surface area (Å²) < 4.78 is 40.8. The highest BCUT2D eigenvalue weighted by Gasteiger charge is 2.17. The van der Waals surface area contributed by atoms with Gasteiger partial charge in [0.1, 0.15) is 10.8 Å². The first-order valence-electron chi connectivity index (χ1n) is 9.43. The Morgan fingerprint density at radius 3 is 2.47 bits per heavy atom. The van der Waals surface area contributed by atoms with E-state index in [1.54, 1.807) is 36.0 Å². The molecule has 0 unspecified atom stereocenters. The lowest BCUT2D eigenvalue weighted by Crippen LogP contribution is -2.18. The lowest BCUT2D eigenvalue weighted by Gasteiger charge is -2.13. The zero-order valence-corrected chi connectivity index (χ0v) is 18.2. The van der Waals surface area contributed by atoms with Crippen molar-refractivity contribution < 1.29 is 17.6 Å². The Labute approximate surface area is 188 Å². The van der Waals surface area contributed by atoms with Crippen LogP contribution in [0.25, 0.3) is 10.6 Å². The van der Waals surface area contributed by atoms with Gasteiger partial charge in [0.05, 0.1) is 28.4 Å². The average Bonchev–Trinajstić information content (AvgIpc) is 3.24. The van der Waals surface area contributed by atoms with E-state index in [1.807, 2.05) is 12.1 Å². The number of benzene rings is 2. The average molecular weight is 469 g/mol. The first-order valence-corrected chi connectivity index (χ1v) is 11.8. The summed E-state index contributed by atoms with van der Waals surface area (Å²) in [7, 11) is -3.96. The number of hydrogen-bond acceptors (Lipinski definition) is 6. The Morgan fingerprint density at radius 2 is 1.75 bits per heavy atom. The quantitative estimate of drug-likeness (QED) is 0.421. The second-order valence-corrected chi connectivity index (χ2v) is 9.26. The Kier molecular flexibility index (Phi) is 6.24. The van der Waals surface area contributed by atoms with Crippen LogP contribution in [0.3, 0.4) is 0 Å². The van der Waals surface area contributed by atoms with E-state index < -0.39 is 15.8 Å². The third kappa shape index (κ3) is 5.16. The number of halogens is 1. The van der Waals surface area contributed by atoms with Crippen molar-refractivity contribution in [2.45, 2.75) is 11.3 Å². The Balaban J connectivity index is 1.47. The summed E-state index contributed by atoms with van der Waals surface area (Å²) in [6.07, 6.45) is 3.40. The molecule has 0 saturated heterocycles. The van der Waals surface area contributed by atoms with Crippen LogP contribution in [0.4, 0.5) is 15.8 Å². The van der Waals surface area contributed by atoms with Gasteiger partial charge in [0.2, 0.25) is 5.91 Å².